The smallest absolute Gasteiger partial charge is 0.0177 e. The predicted octanol–water partition coefficient (Wildman–Crippen LogP) is 4.61. The van der Waals surface area contributed by atoms with E-state index in [1.807, 2.05) is 11.8 Å². The average Bonchev–Trinajstić information content (AvgIpc) is 2.35. The van der Waals surface area contributed by atoms with Crippen LogP contribution in [0.3, 0.4) is 0 Å². The first-order valence-corrected chi connectivity index (χ1v) is 9.24. The zero-order valence-electron chi connectivity index (χ0n) is 12.3. The lowest BCUT2D eigenvalue weighted by molar-refractivity contribution is 0.440. The molecule has 0 heterocycles. The Morgan fingerprint density at radius 1 is 1.26 bits per heavy atom. The van der Waals surface area contributed by atoms with Crippen LogP contribution >= 0.6 is 27.7 Å². The third-order valence-corrected chi connectivity index (χ3v) is 4.27. The van der Waals surface area contributed by atoms with Gasteiger partial charge in [0.05, 0.1) is 0 Å². The van der Waals surface area contributed by atoms with Gasteiger partial charge in [-0.1, -0.05) is 41.9 Å². The van der Waals surface area contributed by atoms with E-state index in [1.54, 1.807) is 0 Å². The number of nitrogens with one attached hydrogen (secondary N) is 1. The number of hydrogen-bond donors (Lipinski definition) is 1. The minimum atomic E-state index is 0.729. The highest BCUT2D eigenvalue weighted by Crippen LogP contribution is 2.18. The van der Waals surface area contributed by atoms with Crippen molar-refractivity contribution in [3.63, 3.8) is 0 Å². The minimum absolute atomic E-state index is 0.729. The van der Waals surface area contributed by atoms with Gasteiger partial charge in [-0.25, -0.2) is 0 Å². The molecule has 0 aliphatic carbocycles. The molecule has 3 heteroatoms. The van der Waals surface area contributed by atoms with Crippen LogP contribution in [0, 0.1) is 11.8 Å². The van der Waals surface area contributed by atoms with Gasteiger partial charge in [-0.15, -0.1) is 0 Å². The highest BCUT2D eigenvalue weighted by atomic mass is 79.9. The number of rotatable bonds is 9. The molecular weight excluding hydrogens is 318 g/mol. The molecule has 19 heavy (non-hydrogen) atoms. The van der Waals surface area contributed by atoms with Crippen molar-refractivity contribution in [1.29, 1.82) is 0 Å². The molecular formula is C16H26BrNS. The molecule has 0 radical (unpaired) electrons. The van der Waals surface area contributed by atoms with E-state index in [0.717, 1.165) is 24.9 Å². The van der Waals surface area contributed by atoms with Crippen molar-refractivity contribution in [1.82, 2.24) is 5.32 Å². The summed E-state index contributed by atoms with van der Waals surface area (Å²) in [5, 5.41) is 3.61. The second kappa shape index (κ2) is 9.84. The molecule has 1 nitrogen and oxygen atoms in total. The monoisotopic (exact) mass is 343 g/mol. The maximum Gasteiger partial charge on any atom is 0.0177 e. The Morgan fingerprint density at radius 2 is 2.05 bits per heavy atom. The van der Waals surface area contributed by atoms with Gasteiger partial charge >= 0.3 is 0 Å². The zero-order chi connectivity index (χ0) is 14.1. The van der Waals surface area contributed by atoms with Crippen LogP contribution in [0.15, 0.2) is 28.7 Å². The molecule has 1 aromatic carbocycles. The Morgan fingerprint density at radius 3 is 2.68 bits per heavy atom. The van der Waals surface area contributed by atoms with E-state index < -0.39 is 0 Å². The molecule has 0 aromatic heterocycles. The molecule has 1 unspecified atom stereocenters. The lowest BCUT2D eigenvalue weighted by atomic mass is 9.96. The second-order valence-electron chi connectivity index (χ2n) is 5.53. The summed E-state index contributed by atoms with van der Waals surface area (Å²) in [6, 6.07) is 8.71. The predicted molar refractivity (Wildman–Crippen MR) is 92.0 cm³/mol. The van der Waals surface area contributed by atoms with Gasteiger partial charge in [0.15, 0.2) is 0 Å². The molecule has 0 spiro atoms. The topological polar surface area (TPSA) is 12.0 Å². The summed E-state index contributed by atoms with van der Waals surface area (Å²) in [7, 11) is 0. The average molecular weight is 344 g/mol. The number of thioether (sulfide) groups is 1. The number of hydrogen-bond acceptors (Lipinski definition) is 2. The van der Waals surface area contributed by atoms with Crippen molar-refractivity contribution in [2.45, 2.75) is 26.7 Å². The maximum absolute atomic E-state index is 3.61. The van der Waals surface area contributed by atoms with Gasteiger partial charge in [-0.2, -0.15) is 11.8 Å². The Kier molecular flexibility index (Phi) is 8.84. The third kappa shape index (κ3) is 8.01. The Hall–Kier alpha value is 0.01000. The van der Waals surface area contributed by atoms with Crippen molar-refractivity contribution in [2.24, 2.45) is 11.8 Å². The molecule has 0 fully saturated rings. The summed E-state index contributed by atoms with van der Waals surface area (Å²) in [6.45, 7) is 6.77. The molecule has 0 aliphatic rings. The fourth-order valence-electron chi connectivity index (χ4n) is 2.13. The van der Waals surface area contributed by atoms with Crippen molar-refractivity contribution < 1.29 is 0 Å². The highest BCUT2D eigenvalue weighted by Gasteiger charge is 2.10. The molecule has 108 valence electrons. The summed E-state index contributed by atoms with van der Waals surface area (Å²) in [5.74, 6) is 2.72. The summed E-state index contributed by atoms with van der Waals surface area (Å²) in [5.41, 5.74) is 1.44. The zero-order valence-corrected chi connectivity index (χ0v) is 14.7. The molecule has 1 rings (SSSR count). The van der Waals surface area contributed by atoms with E-state index in [9.17, 15) is 0 Å². The molecule has 0 aliphatic heterocycles. The van der Waals surface area contributed by atoms with Crippen LogP contribution in [0.1, 0.15) is 25.8 Å². The third-order valence-electron chi connectivity index (χ3n) is 3.13. The Bertz CT molecular complexity index is 354. The van der Waals surface area contributed by atoms with Crippen LogP contribution in [0.5, 0.6) is 0 Å². The van der Waals surface area contributed by atoms with Gasteiger partial charge in [0, 0.05) is 4.47 Å². The van der Waals surface area contributed by atoms with Gasteiger partial charge in [-0.3, -0.25) is 0 Å². The summed E-state index contributed by atoms with van der Waals surface area (Å²) in [4.78, 5) is 0. The van der Waals surface area contributed by atoms with Crippen LogP contribution in [0.2, 0.25) is 0 Å². The van der Waals surface area contributed by atoms with Crippen LogP contribution < -0.4 is 5.32 Å². The van der Waals surface area contributed by atoms with Crippen molar-refractivity contribution in [3.8, 4) is 0 Å². The normalized spacial score (nSPS) is 12.9. The molecule has 1 atom stereocenters. The summed E-state index contributed by atoms with van der Waals surface area (Å²) >= 11 is 5.50. The lowest BCUT2D eigenvalue weighted by Gasteiger charge is -2.18. The van der Waals surface area contributed by atoms with E-state index >= 15 is 0 Å². The number of halogens is 1. The quantitative estimate of drug-likeness (QED) is 0.702. The van der Waals surface area contributed by atoms with E-state index in [1.165, 1.54) is 28.6 Å². The van der Waals surface area contributed by atoms with E-state index in [-0.39, 0.29) is 0 Å². The van der Waals surface area contributed by atoms with Crippen LogP contribution in [0.4, 0.5) is 0 Å². The van der Waals surface area contributed by atoms with Crippen molar-refractivity contribution in [2.75, 3.05) is 25.1 Å². The van der Waals surface area contributed by atoms with Gasteiger partial charge in [-0.05, 0) is 67.5 Å². The van der Waals surface area contributed by atoms with Crippen LogP contribution in [0.25, 0.3) is 0 Å². The molecule has 0 saturated carbocycles. The van der Waals surface area contributed by atoms with Crippen LogP contribution in [-0.4, -0.2) is 25.1 Å². The maximum atomic E-state index is 3.61. The summed E-state index contributed by atoms with van der Waals surface area (Å²) < 4.78 is 1.18. The molecule has 0 amide bonds. The first-order valence-electron chi connectivity index (χ1n) is 7.06. The van der Waals surface area contributed by atoms with Crippen LogP contribution in [-0.2, 0) is 6.42 Å². The molecule has 0 saturated heterocycles. The fourth-order valence-corrected chi connectivity index (χ4v) is 3.15. The molecule has 0 bridgehead atoms. The minimum Gasteiger partial charge on any atom is -0.316 e. The van der Waals surface area contributed by atoms with E-state index in [4.69, 9.17) is 0 Å². The van der Waals surface area contributed by atoms with Gasteiger partial charge < -0.3 is 5.32 Å². The van der Waals surface area contributed by atoms with Crippen molar-refractivity contribution in [3.05, 3.63) is 34.3 Å². The van der Waals surface area contributed by atoms with E-state index in [2.05, 4.69) is 65.6 Å². The molecule has 1 N–H and O–H groups in total. The standard InChI is InChI=1S/C16H26BrNS/c1-13(2)11-18-12-15(7-8-19-3)9-14-5-4-6-16(17)10-14/h4-6,10,13,15,18H,7-9,11-12H2,1-3H3. The van der Waals surface area contributed by atoms with Gasteiger partial charge in [0.25, 0.3) is 0 Å². The summed E-state index contributed by atoms with van der Waals surface area (Å²) in [6.07, 6.45) is 4.65. The van der Waals surface area contributed by atoms with Crippen molar-refractivity contribution >= 4 is 27.7 Å². The van der Waals surface area contributed by atoms with Gasteiger partial charge in [0.1, 0.15) is 0 Å². The van der Waals surface area contributed by atoms with Gasteiger partial charge in [0.2, 0.25) is 0 Å². The van der Waals surface area contributed by atoms with E-state index in [0.29, 0.717) is 0 Å². The molecule has 1 aromatic rings. The SMILES string of the molecule is CSCCC(CNCC(C)C)Cc1cccc(Br)c1. The number of benzene rings is 1. The highest BCUT2D eigenvalue weighted by molar-refractivity contribution is 9.10. The Labute approximate surface area is 131 Å². The Balaban J connectivity index is 2.48. The first-order chi connectivity index (χ1) is 9.11. The second-order valence-corrected chi connectivity index (χ2v) is 7.43. The lowest BCUT2D eigenvalue weighted by Crippen LogP contribution is -2.28. The first kappa shape index (κ1) is 17.1. The fraction of sp³-hybridized carbons (Fsp3) is 0.625. The largest absolute Gasteiger partial charge is 0.316 e.